The van der Waals surface area contributed by atoms with E-state index in [1.54, 1.807) is 0 Å². The van der Waals surface area contributed by atoms with Crippen molar-refractivity contribution in [2.75, 3.05) is 12.3 Å². The Morgan fingerprint density at radius 1 is 1.57 bits per heavy atom. The van der Waals surface area contributed by atoms with Crippen LogP contribution in [0.15, 0.2) is 4.42 Å². The van der Waals surface area contributed by atoms with Gasteiger partial charge >= 0.3 is 0 Å². The molecule has 78 valence electrons. The van der Waals surface area contributed by atoms with Gasteiger partial charge in [-0.05, 0) is 18.6 Å². The summed E-state index contributed by atoms with van der Waals surface area (Å²) >= 11 is 2.05. The first-order valence-electron chi connectivity index (χ1n) is 4.96. The second-order valence-corrected chi connectivity index (χ2v) is 4.89. The molecule has 1 aliphatic rings. The predicted octanol–water partition coefficient (Wildman–Crippen LogP) is 1.36. The van der Waals surface area contributed by atoms with Crippen LogP contribution in [0.3, 0.4) is 0 Å². The number of thioether (sulfide) groups is 1. The average molecular weight is 213 g/mol. The van der Waals surface area contributed by atoms with Crippen LogP contribution in [0.5, 0.6) is 0 Å². The topological polar surface area (TPSA) is 51.0 Å². The Labute approximate surface area is 87.9 Å². The Morgan fingerprint density at radius 2 is 2.50 bits per heavy atom. The number of hydrogen-bond acceptors (Lipinski definition) is 5. The number of hydrogen-bond donors (Lipinski definition) is 1. The zero-order chi connectivity index (χ0) is 9.80. The lowest BCUT2D eigenvalue weighted by Crippen LogP contribution is -2.22. The van der Waals surface area contributed by atoms with Crippen molar-refractivity contribution >= 4 is 11.8 Å². The molecule has 1 N–H and O–H groups in total. The van der Waals surface area contributed by atoms with Crippen LogP contribution in [0.25, 0.3) is 0 Å². The Kier molecular flexibility index (Phi) is 3.42. The summed E-state index contributed by atoms with van der Waals surface area (Å²) in [6, 6.07) is 0. The van der Waals surface area contributed by atoms with E-state index in [4.69, 9.17) is 4.42 Å². The van der Waals surface area contributed by atoms with E-state index in [2.05, 4.69) is 27.3 Å². The summed E-state index contributed by atoms with van der Waals surface area (Å²) in [5.74, 6) is 2.63. The van der Waals surface area contributed by atoms with Crippen molar-refractivity contribution in [3.63, 3.8) is 0 Å². The average Bonchev–Trinajstić information content (AvgIpc) is 2.77. The highest BCUT2D eigenvalue weighted by molar-refractivity contribution is 8.00. The van der Waals surface area contributed by atoms with Crippen LogP contribution in [0.2, 0.25) is 0 Å². The summed E-state index contributed by atoms with van der Waals surface area (Å²) < 4.78 is 5.26. The largest absolute Gasteiger partial charge is 0.424 e. The molecule has 1 aliphatic heterocycles. The maximum atomic E-state index is 5.26. The van der Waals surface area contributed by atoms with E-state index in [1.165, 1.54) is 18.6 Å². The first-order chi connectivity index (χ1) is 6.84. The fourth-order valence-electron chi connectivity index (χ4n) is 1.55. The van der Waals surface area contributed by atoms with E-state index in [-0.39, 0.29) is 0 Å². The van der Waals surface area contributed by atoms with Crippen LogP contribution in [-0.2, 0) is 6.54 Å². The Bertz CT molecular complexity index is 283. The molecule has 0 amide bonds. The molecule has 2 rings (SSSR count). The standard InChI is InChI=1S/C9H15N3OS/c1-7-11-12-9(13-7)6-10-5-8-3-2-4-14-8/h8,10H,2-6H2,1H3. The number of rotatable bonds is 4. The molecule has 0 bridgehead atoms. The minimum Gasteiger partial charge on any atom is -0.424 e. The SMILES string of the molecule is Cc1nnc(CNCC2CCCS2)o1. The lowest BCUT2D eigenvalue weighted by molar-refractivity contribution is 0.446. The number of aromatic nitrogens is 2. The van der Waals surface area contributed by atoms with Gasteiger partial charge in [0, 0.05) is 18.7 Å². The van der Waals surface area contributed by atoms with Gasteiger partial charge in [0.2, 0.25) is 11.8 Å². The molecule has 4 nitrogen and oxygen atoms in total. The zero-order valence-electron chi connectivity index (χ0n) is 8.32. The third-order valence-corrected chi connectivity index (χ3v) is 3.64. The number of nitrogens with one attached hydrogen (secondary N) is 1. The van der Waals surface area contributed by atoms with Crippen molar-refractivity contribution in [3.05, 3.63) is 11.8 Å². The van der Waals surface area contributed by atoms with Gasteiger partial charge in [-0.3, -0.25) is 0 Å². The number of nitrogens with zero attached hydrogens (tertiary/aromatic N) is 2. The summed E-state index contributed by atoms with van der Waals surface area (Å²) in [6.07, 6.45) is 2.69. The molecule has 0 aliphatic carbocycles. The highest BCUT2D eigenvalue weighted by Crippen LogP contribution is 2.25. The van der Waals surface area contributed by atoms with Crippen molar-refractivity contribution in [1.29, 1.82) is 0 Å². The van der Waals surface area contributed by atoms with Crippen LogP contribution in [0, 0.1) is 6.92 Å². The molecular formula is C9H15N3OS. The molecule has 14 heavy (non-hydrogen) atoms. The van der Waals surface area contributed by atoms with Gasteiger partial charge in [0.1, 0.15) is 0 Å². The van der Waals surface area contributed by atoms with E-state index in [1.807, 2.05) is 6.92 Å². The second kappa shape index (κ2) is 4.79. The van der Waals surface area contributed by atoms with E-state index >= 15 is 0 Å². The summed E-state index contributed by atoms with van der Waals surface area (Å²) in [7, 11) is 0. The van der Waals surface area contributed by atoms with Crippen molar-refractivity contribution in [3.8, 4) is 0 Å². The van der Waals surface area contributed by atoms with E-state index in [0.29, 0.717) is 18.3 Å². The minimum absolute atomic E-state index is 0.636. The second-order valence-electron chi connectivity index (χ2n) is 3.48. The summed E-state index contributed by atoms with van der Waals surface area (Å²) in [5.41, 5.74) is 0. The quantitative estimate of drug-likeness (QED) is 0.818. The van der Waals surface area contributed by atoms with Gasteiger partial charge in [-0.25, -0.2) is 0 Å². The lowest BCUT2D eigenvalue weighted by Gasteiger charge is -2.07. The first-order valence-corrected chi connectivity index (χ1v) is 6.01. The van der Waals surface area contributed by atoms with Crippen LogP contribution in [0.4, 0.5) is 0 Å². The fraction of sp³-hybridized carbons (Fsp3) is 0.778. The molecule has 0 saturated carbocycles. The first kappa shape index (κ1) is 9.98. The van der Waals surface area contributed by atoms with Gasteiger partial charge in [-0.1, -0.05) is 0 Å². The normalized spacial score (nSPS) is 21.6. The maximum absolute atomic E-state index is 5.26. The molecule has 5 heteroatoms. The molecule has 0 radical (unpaired) electrons. The molecule has 1 saturated heterocycles. The Hall–Kier alpha value is -0.550. The van der Waals surface area contributed by atoms with E-state index < -0.39 is 0 Å². The summed E-state index contributed by atoms with van der Waals surface area (Å²) in [5, 5.41) is 11.8. The van der Waals surface area contributed by atoms with Gasteiger partial charge in [-0.15, -0.1) is 10.2 Å². The van der Waals surface area contributed by atoms with Gasteiger partial charge in [0.25, 0.3) is 0 Å². The van der Waals surface area contributed by atoms with E-state index in [9.17, 15) is 0 Å². The van der Waals surface area contributed by atoms with Crippen LogP contribution in [0.1, 0.15) is 24.6 Å². The Balaban J connectivity index is 1.67. The molecular weight excluding hydrogens is 198 g/mol. The molecule has 0 spiro atoms. The van der Waals surface area contributed by atoms with Crippen LogP contribution < -0.4 is 5.32 Å². The summed E-state index contributed by atoms with van der Waals surface area (Å²) in [4.78, 5) is 0. The van der Waals surface area contributed by atoms with Crippen LogP contribution in [-0.4, -0.2) is 27.7 Å². The molecule has 1 aromatic heterocycles. The maximum Gasteiger partial charge on any atom is 0.230 e. The fourth-order valence-corrected chi connectivity index (χ4v) is 2.79. The monoisotopic (exact) mass is 213 g/mol. The highest BCUT2D eigenvalue weighted by Gasteiger charge is 2.14. The van der Waals surface area contributed by atoms with Gasteiger partial charge in [-0.2, -0.15) is 11.8 Å². The van der Waals surface area contributed by atoms with Crippen LogP contribution >= 0.6 is 11.8 Å². The summed E-state index contributed by atoms with van der Waals surface area (Å²) in [6.45, 7) is 3.55. The van der Waals surface area contributed by atoms with Gasteiger partial charge < -0.3 is 9.73 Å². The number of aryl methyl sites for hydroxylation is 1. The molecule has 1 fully saturated rings. The van der Waals surface area contributed by atoms with Crippen molar-refractivity contribution < 1.29 is 4.42 Å². The molecule has 1 aromatic rings. The third kappa shape index (κ3) is 2.72. The van der Waals surface area contributed by atoms with Crippen molar-refractivity contribution in [2.24, 2.45) is 0 Å². The van der Waals surface area contributed by atoms with E-state index in [0.717, 1.165) is 11.8 Å². The van der Waals surface area contributed by atoms with Crippen molar-refractivity contribution in [1.82, 2.24) is 15.5 Å². The molecule has 1 unspecified atom stereocenters. The van der Waals surface area contributed by atoms with Gasteiger partial charge in [0.05, 0.1) is 6.54 Å². The molecule has 2 heterocycles. The smallest absolute Gasteiger partial charge is 0.230 e. The Morgan fingerprint density at radius 3 is 3.14 bits per heavy atom. The lowest BCUT2D eigenvalue weighted by atomic mass is 10.2. The molecule has 0 aromatic carbocycles. The van der Waals surface area contributed by atoms with Gasteiger partial charge in [0.15, 0.2) is 0 Å². The predicted molar refractivity (Wildman–Crippen MR) is 56.2 cm³/mol. The molecule has 1 atom stereocenters. The highest BCUT2D eigenvalue weighted by atomic mass is 32.2. The zero-order valence-corrected chi connectivity index (χ0v) is 9.14. The minimum atomic E-state index is 0.636. The third-order valence-electron chi connectivity index (χ3n) is 2.24. The van der Waals surface area contributed by atoms with Crippen molar-refractivity contribution in [2.45, 2.75) is 31.6 Å².